The molecule has 116 valence electrons. The smallest absolute Gasteiger partial charge is 0.220 e. The molecule has 1 heterocycles. The summed E-state index contributed by atoms with van der Waals surface area (Å²) in [5.74, 6) is 1.03. The quantitative estimate of drug-likeness (QED) is 0.815. The van der Waals surface area contributed by atoms with E-state index in [0.29, 0.717) is 18.3 Å². The van der Waals surface area contributed by atoms with Crippen molar-refractivity contribution < 1.29 is 14.3 Å². The summed E-state index contributed by atoms with van der Waals surface area (Å²) < 4.78 is 11.4. The van der Waals surface area contributed by atoms with E-state index in [1.807, 2.05) is 0 Å². The van der Waals surface area contributed by atoms with Crippen LogP contribution in [0.2, 0.25) is 0 Å². The maximum absolute atomic E-state index is 12.0. The molecule has 0 unspecified atom stereocenters. The molecule has 4 nitrogen and oxygen atoms in total. The third-order valence-corrected chi connectivity index (χ3v) is 4.90. The Hall–Kier alpha value is -0.610. The van der Waals surface area contributed by atoms with E-state index in [4.69, 9.17) is 9.47 Å². The van der Waals surface area contributed by atoms with Crippen LogP contribution in [0.4, 0.5) is 0 Å². The molecule has 2 rings (SSSR count). The van der Waals surface area contributed by atoms with Crippen LogP contribution in [0.5, 0.6) is 0 Å². The van der Waals surface area contributed by atoms with Crippen LogP contribution < -0.4 is 5.32 Å². The first kappa shape index (κ1) is 15.8. The molecule has 0 aromatic rings. The van der Waals surface area contributed by atoms with E-state index in [1.165, 1.54) is 0 Å². The van der Waals surface area contributed by atoms with Crippen LogP contribution in [0.25, 0.3) is 0 Å². The highest BCUT2D eigenvalue weighted by Gasteiger charge is 2.40. The topological polar surface area (TPSA) is 47.6 Å². The molecule has 0 radical (unpaired) electrons. The molecule has 2 fully saturated rings. The van der Waals surface area contributed by atoms with Gasteiger partial charge < -0.3 is 14.8 Å². The van der Waals surface area contributed by atoms with Crippen LogP contribution in [0.3, 0.4) is 0 Å². The molecule has 1 aliphatic heterocycles. The third kappa shape index (κ3) is 4.19. The summed E-state index contributed by atoms with van der Waals surface area (Å²) in [4.78, 5) is 12.0. The van der Waals surface area contributed by atoms with Gasteiger partial charge in [0.1, 0.15) is 0 Å². The second kappa shape index (κ2) is 7.41. The van der Waals surface area contributed by atoms with Gasteiger partial charge in [0.15, 0.2) is 5.79 Å². The summed E-state index contributed by atoms with van der Waals surface area (Å²) >= 11 is 0. The number of ether oxygens (including phenoxy) is 2. The number of hydrogen-bond acceptors (Lipinski definition) is 3. The first-order valence-electron chi connectivity index (χ1n) is 8.22. The average molecular weight is 283 g/mol. The molecular weight excluding hydrogens is 254 g/mol. The average Bonchev–Trinajstić information content (AvgIpc) is 2.91. The predicted octanol–water partition coefficient (Wildman–Crippen LogP) is 2.86. The minimum atomic E-state index is -0.303. The van der Waals surface area contributed by atoms with Crippen molar-refractivity contribution in [2.75, 3.05) is 19.8 Å². The van der Waals surface area contributed by atoms with Gasteiger partial charge in [-0.3, -0.25) is 4.79 Å². The van der Waals surface area contributed by atoms with E-state index in [-0.39, 0.29) is 11.7 Å². The molecule has 2 aliphatic rings. The fourth-order valence-electron chi connectivity index (χ4n) is 3.28. The van der Waals surface area contributed by atoms with Crippen molar-refractivity contribution in [1.29, 1.82) is 0 Å². The first-order valence-corrected chi connectivity index (χ1v) is 8.22. The zero-order valence-electron chi connectivity index (χ0n) is 13.0. The molecule has 20 heavy (non-hydrogen) atoms. The number of nitrogens with one attached hydrogen (secondary N) is 1. The minimum Gasteiger partial charge on any atom is -0.356 e. The van der Waals surface area contributed by atoms with Crippen LogP contribution in [0.1, 0.15) is 58.8 Å². The van der Waals surface area contributed by atoms with E-state index in [0.717, 1.165) is 58.3 Å². The van der Waals surface area contributed by atoms with Gasteiger partial charge in [-0.05, 0) is 24.7 Å². The Labute approximate surface area is 122 Å². The molecule has 4 heteroatoms. The van der Waals surface area contributed by atoms with Crippen molar-refractivity contribution in [2.24, 2.45) is 11.8 Å². The Kier molecular flexibility index (Phi) is 5.85. The van der Waals surface area contributed by atoms with Gasteiger partial charge in [0, 0.05) is 25.8 Å². The van der Waals surface area contributed by atoms with Crippen LogP contribution in [0.15, 0.2) is 0 Å². The van der Waals surface area contributed by atoms with E-state index < -0.39 is 0 Å². The molecule has 1 aliphatic carbocycles. The predicted molar refractivity (Wildman–Crippen MR) is 78.3 cm³/mol. The molecule has 1 amide bonds. The highest BCUT2D eigenvalue weighted by Crippen LogP contribution is 2.39. The zero-order valence-corrected chi connectivity index (χ0v) is 13.0. The molecule has 0 aromatic heterocycles. The Morgan fingerprint density at radius 3 is 2.35 bits per heavy atom. The molecule has 1 saturated carbocycles. The number of amides is 1. The number of carbonyl (C=O) groups excluding carboxylic acids is 1. The van der Waals surface area contributed by atoms with Gasteiger partial charge in [-0.2, -0.15) is 0 Å². The van der Waals surface area contributed by atoms with Crippen LogP contribution in [0, 0.1) is 11.8 Å². The molecular formula is C16H29NO3. The maximum atomic E-state index is 12.0. The largest absolute Gasteiger partial charge is 0.356 e. The van der Waals surface area contributed by atoms with Gasteiger partial charge in [-0.15, -0.1) is 0 Å². The molecule has 1 saturated heterocycles. The maximum Gasteiger partial charge on any atom is 0.220 e. The van der Waals surface area contributed by atoms with Crippen molar-refractivity contribution in [3.05, 3.63) is 0 Å². The lowest BCUT2D eigenvalue weighted by Crippen LogP contribution is -2.37. The molecule has 0 bridgehead atoms. The zero-order chi connectivity index (χ0) is 14.4. The number of rotatable bonds is 6. The monoisotopic (exact) mass is 283 g/mol. The van der Waals surface area contributed by atoms with Crippen molar-refractivity contribution >= 4 is 5.91 Å². The summed E-state index contributed by atoms with van der Waals surface area (Å²) in [7, 11) is 0. The Balaban J connectivity index is 1.66. The summed E-state index contributed by atoms with van der Waals surface area (Å²) in [6, 6.07) is 0. The van der Waals surface area contributed by atoms with Gasteiger partial charge in [-0.1, -0.05) is 26.7 Å². The normalized spacial score (nSPS) is 22.6. The Bertz CT molecular complexity index is 299. The Morgan fingerprint density at radius 1 is 1.20 bits per heavy atom. The second-order valence-corrected chi connectivity index (χ2v) is 6.24. The highest BCUT2D eigenvalue weighted by atomic mass is 16.7. The summed E-state index contributed by atoms with van der Waals surface area (Å²) in [5, 5.41) is 3.09. The van der Waals surface area contributed by atoms with Gasteiger partial charge in [0.2, 0.25) is 5.91 Å². The summed E-state index contributed by atoms with van der Waals surface area (Å²) in [5.41, 5.74) is 0. The minimum absolute atomic E-state index is 0.214. The van der Waals surface area contributed by atoms with Crippen molar-refractivity contribution in [3.8, 4) is 0 Å². The molecule has 0 aromatic carbocycles. The lowest BCUT2D eigenvalue weighted by molar-refractivity contribution is -0.183. The Morgan fingerprint density at radius 2 is 1.80 bits per heavy atom. The van der Waals surface area contributed by atoms with Gasteiger partial charge in [0.05, 0.1) is 13.2 Å². The standard InChI is InChI=1S/C16H29NO3/c1-3-13(4-2)12-17-15(18)11-14-5-7-16(8-6-14)19-9-10-20-16/h13-14H,3-12H2,1-2H3,(H,17,18). The van der Waals surface area contributed by atoms with Crippen molar-refractivity contribution in [3.63, 3.8) is 0 Å². The summed E-state index contributed by atoms with van der Waals surface area (Å²) in [6.07, 6.45) is 6.90. The van der Waals surface area contributed by atoms with Crippen molar-refractivity contribution in [2.45, 2.75) is 64.6 Å². The third-order valence-electron chi connectivity index (χ3n) is 4.90. The van der Waals surface area contributed by atoms with E-state index in [1.54, 1.807) is 0 Å². The summed E-state index contributed by atoms with van der Waals surface area (Å²) in [6.45, 7) is 6.64. The van der Waals surface area contributed by atoms with Crippen molar-refractivity contribution in [1.82, 2.24) is 5.32 Å². The SMILES string of the molecule is CCC(CC)CNC(=O)CC1CCC2(CC1)OCCO2. The number of hydrogen-bond donors (Lipinski definition) is 1. The highest BCUT2D eigenvalue weighted by molar-refractivity contribution is 5.76. The fraction of sp³-hybridized carbons (Fsp3) is 0.938. The van der Waals surface area contributed by atoms with E-state index in [2.05, 4.69) is 19.2 Å². The van der Waals surface area contributed by atoms with Gasteiger partial charge in [-0.25, -0.2) is 0 Å². The van der Waals surface area contributed by atoms with Crippen LogP contribution in [-0.2, 0) is 14.3 Å². The molecule has 1 spiro atoms. The van der Waals surface area contributed by atoms with Crippen LogP contribution in [-0.4, -0.2) is 31.5 Å². The van der Waals surface area contributed by atoms with Gasteiger partial charge >= 0.3 is 0 Å². The lowest BCUT2D eigenvalue weighted by atomic mass is 9.83. The first-order chi connectivity index (χ1) is 9.67. The fourth-order valence-corrected chi connectivity index (χ4v) is 3.28. The lowest BCUT2D eigenvalue weighted by Gasteiger charge is -2.35. The van der Waals surface area contributed by atoms with Crippen LogP contribution >= 0.6 is 0 Å². The number of carbonyl (C=O) groups is 1. The molecule has 0 atom stereocenters. The second-order valence-electron chi connectivity index (χ2n) is 6.24. The van der Waals surface area contributed by atoms with Gasteiger partial charge in [0.25, 0.3) is 0 Å². The molecule has 1 N–H and O–H groups in total. The van der Waals surface area contributed by atoms with E-state index >= 15 is 0 Å². The van der Waals surface area contributed by atoms with E-state index in [9.17, 15) is 4.79 Å².